The number of benzene rings is 1. The van der Waals surface area contributed by atoms with E-state index in [-0.39, 0.29) is 17.9 Å². The fourth-order valence-electron chi connectivity index (χ4n) is 3.67. The minimum atomic E-state index is -0.0214. The number of nitrogens with one attached hydrogen (secondary N) is 1. The molecule has 2 heterocycles. The van der Waals surface area contributed by atoms with Crippen LogP contribution in [0.5, 0.6) is 0 Å². The minimum Gasteiger partial charge on any atom is -0.361 e. The zero-order chi connectivity index (χ0) is 19.4. The summed E-state index contributed by atoms with van der Waals surface area (Å²) in [6.07, 6.45) is 2.18. The van der Waals surface area contributed by atoms with Gasteiger partial charge in [-0.05, 0) is 45.1 Å². The smallest absolute Gasteiger partial charge is 0.259 e. The molecule has 0 aliphatic carbocycles. The number of amides is 2. The van der Waals surface area contributed by atoms with Crippen molar-refractivity contribution in [3.8, 4) is 0 Å². The van der Waals surface area contributed by atoms with Gasteiger partial charge in [-0.2, -0.15) is 0 Å². The quantitative estimate of drug-likeness (QED) is 0.876. The van der Waals surface area contributed by atoms with Gasteiger partial charge in [0.1, 0.15) is 11.3 Å². The highest BCUT2D eigenvalue weighted by molar-refractivity contribution is 5.96. The molecule has 0 saturated carbocycles. The van der Waals surface area contributed by atoms with Gasteiger partial charge in [-0.3, -0.25) is 9.59 Å². The fourth-order valence-corrected chi connectivity index (χ4v) is 3.67. The highest BCUT2D eigenvalue weighted by Gasteiger charge is 2.28. The molecule has 0 radical (unpaired) electrons. The Bertz CT molecular complexity index is 773. The van der Waals surface area contributed by atoms with Crippen molar-refractivity contribution in [2.75, 3.05) is 13.1 Å². The molecule has 1 atom stereocenters. The highest BCUT2D eigenvalue weighted by Crippen LogP contribution is 2.24. The fraction of sp³-hybridized carbons (Fsp3) is 0.476. The first-order chi connectivity index (χ1) is 13.0. The Balaban J connectivity index is 1.48. The SMILES string of the molecule is Cc1noc(C)c1C(=O)N1CCC(CC(=O)NC(C)c2ccccc2)CC1. The molecule has 27 heavy (non-hydrogen) atoms. The molecule has 2 amide bonds. The van der Waals surface area contributed by atoms with E-state index in [0.29, 0.717) is 42.4 Å². The van der Waals surface area contributed by atoms with Crippen LogP contribution in [-0.2, 0) is 4.79 Å². The number of aromatic nitrogens is 1. The molecule has 1 aliphatic heterocycles. The van der Waals surface area contributed by atoms with Gasteiger partial charge in [0.2, 0.25) is 5.91 Å². The van der Waals surface area contributed by atoms with Crippen molar-refractivity contribution in [2.24, 2.45) is 5.92 Å². The minimum absolute atomic E-state index is 0.0000850. The van der Waals surface area contributed by atoms with Crippen LogP contribution >= 0.6 is 0 Å². The molecule has 1 saturated heterocycles. The molecule has 1 aliphatic rings. The average molecular weight is 369 g/mol. The van der Waals surface area contributed by atoms with Gasteiger partial charge in [-0.1, -0.05) is 35.5 Å². The molecular weight excluding hydrogens is 342 g/mol. The Labute approximate surface area is 159 Å². The summed E-state index contributed by atoms with van der Waals surface area (Å²) in [5, 5.41) is 6.94. The van der Waals surface area contributed by atoms with Crippen LogP contribution in [0.15, 0.2) is 34.9 Å². The predicted molar refractivity (Wildman–Crippen MR) is 102 cm³/mol. The van der Waals surface area contributed by atoms with Gasteiger partial charge in [-0.15, -0.1) is 0 Å². The molecular formula is C21H27N3O3. The van der Waals surface area contributed by atoms with Crippen molar-refractivity contribution in [2.45, 2.75) is 46.1 Å². The zero-order valence-corrected chi connectivity index (χ0v) is 16.2. The van der Waals surface area contributed by atoms with Crippen molar-refractivity contribution in [1.82, 2.24) is 15.4 Å². The Morgan fingerprint density at radius 2 is 1.89 bits per heavy atom. The lowest BCUT2D eigenvalue weighted by molar-refractivity contribution is -0.122. The molecule has 1 unspecified atom stereocenters. The summed E-state index contributed by atoms with van der Waals surface area (Å²) >= 11 is 0. The van der Waals surface area contributed by atoms with Crippen molar-refractivity contribution in [3.63, 3.8) is 0 Å². The molecule has 1 fully saturated rings. The zero-order valence-electron chi connectivity index (χ0n) is 16.2. The van der Waals surface area contributed by atoms with E-state index >= 15 is 0 Å². The average Bonchev–Trinajstić information content (AvgIpc) is 3.00. The summed E-state index contributed by atoms with van der Waals surface area (Å²) in [4.78, 5) is 26.9. The number of hydrogen-bond acceptors (Lipinski definition) is 4. The first-order valence-corrected chi connectivity index (χ1v) is 9.52. The topological polar surface area (TPSA) is 75.4 Å². The van der Waals surface area contributed by atoms with Gasteiger partial charge in [0.05, 0.1) is 11.7 Å². The van der Waals surface area contributed by atoms with E-state index in [1.54, 1.807) is 13.8 Å². The lowest BCUT2D eigenvalue weighted by Crippen LogP contribution is -2.40. The number of rotatable bonds is 5. The van der Waals surface area contributed by atoms with Crippen molar-refractivity contribution in [3.05, 3.63) is 52.9 Å². The molecule has 0 spiro atoms. The number of aryl methyl sites for hydroxylation is 2. The van der Waals surface area contributed by atoms with Crippen LogP contribution in [0.1, 0.15) is 59.6 Å². The second kappa shape index (κ2) is 8.37. The third-order valence-corrected chi connectivity index (χ3v) is 5.30. The predicted octanol–water partition coefficient (Wildman–Crippen LogP) is 3.41. The molecule has 1 N–H and O–H groups in total. The third-order valence-electron chi connectivity index (χ3n) is 5.30. The molecule has 144 valence electrons. The van der Waals surface area contributed by atoms with E-state index in [9.17, 15) is 9.59 Å². The van der Waals surface area contributed by atoms with Gasteiger partial charge in [0, 0.05) is 19.5 Å². The van der Waals surface area contributed by atoms with E-state index in [1.807, 2.05) is 42.2 Å². The lowest BCUT2D eigenvalue weighted by atomic mass is 9.92. The number of nitrogens with zero attached hydrogens (tertiary/aromatic N) is 2. The Hall–Kier alpha value is -2.63. The van der Waals surface area contributed by atoms with Crippen LogP contribution < -0.4 is 5.32 Å². The Morgan fingerprint density at radius 3 is 2.48 bits per heavy atom. The molecule has 1 aromatic carbocycles. The Morgan fingerprint density at radius 1 is 1.22 bits per heavy atom. The Kier molecular flexibility index (Phi) is 5.94. The number of likely N-dealkylation sites (tertiary alicyclic amines) is 1. The summed E-state index contributed by atoms with van der Waals surface area (Å²) in [7, 11) is 0. The maximum absolute atomic E-state index is 12.7. The summed E-state index contributed by atoms with van der Waals surface area (Å²) in [6.45, 7) is 6.87. The standard InChI is InChI=1S/C21H27N3O3/c1-14(18-7-5-4-6-8-18)22-19(25)13-17-9-11-24(12-10-17)21(26)20-15(2)23-27-16(20)3/h4-8,14,17H,9-13H2,1-3H3,(H,22,25). The second-order valence-electron chi connectivity index (χ2n) is 7.34. The van der Waals surface area contributed by atoms with E-state index in [4.69, 9.17) is 4.52 Å². The molecule has 6 heteroatoms. The van der Waals surface area contributed by atoms with Crippen LogP contribution in [0.4, 0.5) is 0 Å². The molecule has 2 aromatic rings. The summed E-state index contributed by atoms with van der Waals surface area (Å²) < 4.78 is 5.10. The van der Waals surface area contributed by atoms with E-state index < -0.39 is 0 Å². The largest absolute Gasteiger partial charge is 0.361 e. The normalized spacial score (nSPS) is 16.2. The van der Waals surface area contributed by atoms with Crippen LogP contribution in [-0.4, -0.2) is 35.0 Å². The summed E-state index contributed by atoms with van der Waals surface area (Å²) in [6, 6.07) is 9.95. The van der Waals surface area contributed by atoms with Gasteiger partial charge in [0.15, 0.2) is 0 Å². The summed E-state index contributed by atoms with van der Waals surface area (Å²) in [5.74, 6) is 0.921. The highest BCUT2D eigenvalue weighted by atomic mass is 16.5. The third kappa shape index (κ3) is 4.56. The molecule has 6 nitrogen and oxygen atoms in total. The van der Waals surface area contributed by atoms with E-state index in [0.717, 1.165) is 18.4 Å². The first-order valence-electron chi connectivity index (χ1n) is 9.52. The molecule has 1 aromatic heterocycles. The maximum Gasteiger partial charge on any atom is 0.259 e. The number of piperidine rings is 1. The van der Waals surface area contributed by atoms with Gasteiger partial charge in [-0.25, -0.2) is 0 Å². The van der Waals surface area contributed by atoms with Crippen LogP contribution in [0.2, 0.25) is 0 Å². The monoisotopic (exact) mass is 369 g/mol. The van der Waals surface area contributed by atoms with Crippen LogP contribution in [0.3, 0.4) is 0 Å². The van der Waals surface area contributed by atoms with Gasteiger partial charge >= 0.3 is 0 Å². The second-order valence-corrected chi connectivity index (χ2v) is 7.34. The van der Waals surface area contributed by atoms with Crippen LogP contribution in [0, 0.1) is 19.8 Å². The number of carbonyl (C=O) groups is 2. The molecule has 0 bridgehead atoms. The number of carbonyl (C=O) groups excluding carboxylic acids is 2. The molecule has 3 rings (SSSR count). The van der Waals surface area contributed by atoms with E-state index in [2.05, 4.69) is 10.5 Å². The van der Waals surface area contributed by atoms with Crippen molar-refractivity contribution >= 4 is 11.8 Å². The first kappa shape index (κ1) is 19.1. The number of hydrogen-bond donors (Lipinski definition) is 1. The van der Waals surface area contributed by atoms with Crippen LogP contribution in [0.25, 0.3) is 0 Å². The maximum atomic E-state index is 12.7. The van der Waals surface area contributed by atoms with Gasteiger partial charge < -0.3 is 14.7 Å². The van der Waals surface area contributed by atoms with E-state index in [1.165, 1.54) is 0 Å². The van der Waals surface area contributed by atoms with Gasteiger partial charge in [0.25, 0.3) is 5.91 Å². The van der Waals surface area contributed by atoms with Crippen molar-refractivity contribution < 1.29 is 14.1 Å². The lowest BCUT2D eigenvalue weighted by Gasteiger charge is -2.32. The van der Waals surface area contributed by atoms with Crippen molar-refractivity contribution in [1.29, 1.82) is 0 Å². The summed E-state index contributed by atoms with van der Waals surface area (Å²) in [5.41, 5.74) is 2.31.